The number of benzene rings is 1. The molecule has 0 aromatic heterocycles. The number of halogens is 1. The molecular formula is C8H8ClNO2. The predicted molar refractivity (Wildman–Crippen MR) is 47.6 cm³/mol. The van der Waals surface area contributed by atoms with Crippen molar-refractivity contribution in [3.63, 3.8) is 0 Å². The summed E-state index contributed by atoms with van der Waals surface area (Å²) in [7, 11) is 0. The number of carbonyl (C=O) groups is 1. The smallest absolute Gasteiger partial charge is 0.177 e. The number of rotatable bonds is 2. The molecule has 0 aliphatic heterocycles. The van der Waals surface area contributed by atoms with Crippen LogP contribution in [0.2, 0.25) is 0 Å². The number of carbonyl (C=O) groups excluding carboxylic acids is 1. The zero-order valence-corrected chi connectivity index (χ0v) is 7.01. The third-order valence-corrected chi connectivity index (χ3v) is 1.71. The minimum absolute atomic E-state index is 0.0267. The summed E-state index contributed by atoms with van der Waals surface area (Å²) in [6.45, 7) is 0. The van der Waals surface area contributed by atoms with Crippen molar-refractivity contribution in [2.24, 2.45) is 0 Å². The Labute approximate surface area is 74.8 Å². The maximum absolute atomic E-state index is 11.0. The highest BCUT2D eigenvalue weighted by Gasteiger charge is 2.05. The lowest BCUT2D eigenvalue weighted by atomic mass is 10.1. The van der Waals surface area contributed by atoms with Gasteiger partial charge in [0.1, 0.15) is 5.75 Å². The van der Waals surface area contributed by atoms with Crippen molar-refractivity contribution < 1.29 is 9.90 Å². The first-order valence-electron chi connectivity index (χ1n) is 3.33. The molecule has 0 atom stereocenters. The summed E-state index contributed by atoms with van der Waals surface area (Å²) < 4.78 is 0. The summed E-state index contributed by atoms with van der Waals surface area (Å²) in [6, 6.07) is 4.26. The minimum Gasteiger partial charge on any atom is -0.506 e. The molecule has 0 amide bonds. The number of hydrogen-bond acceptors (Lipinski definition) is 3. The molecule has 4 heteroatoms. The van der Waals surface area contributed by atoms with Crippen LogP contribution >= 0.6 is 11.6 Å². The van der Waals surface area contributed by atoms with Gasteiger partial charge in [-0.1, -0.05) is 0 Å². The maximum atomic E-state index is 11.0. The third-order valence-electron chi connectivity index (χ3n) is 1.47. The molecule has 1 aromatic carbocycles. The Bertz CT molecular complexity index is 312. The minimum atomic E-state index is -0.205. The van der Waals surface area contributed by atoms with Crippen LogP contribution in [0.1, 0.15) is 10.4 Å². The van der Waals surface area contributed by atoms with Gasteiger partial charge in [-0.2, -0.15) is 0 Å². The quantitative estimate of drug-likeness (QED) is 0.317. The van der Waals surface area contributed by atoms with E-state index in [9.17, 15) is 4.79 Å². The van der Waals surface area contributed by atoms with Gasteiger partial charge in [-0.3, -0.25) is 4.79 Å². The Kier molecular flexibility index (Phi) is 2.55. The second kappa shape index (κ2) is 3.45. The number of Topliss-reactive ketones (excluding diaryl/α,β-unsaturated/α-hetero) is 1. The third kappa shape index (κ3) is 1.68. The van der Waals surface area contributed by atoms with Crippen LogP contribution in [-0.2, 0) is 0 Å². The lowest BCUT2D eigenvalue weighted by Crippen LogP contribution is -2.00. The van der Waals surface area contributed by atoms with Crippen molar-refractivity contribution in [3.8, 4) is 5.75 Å². The van der Waals surface area contributed by atoms with Crippen LogP contribution in [-0.4, -0.2) is 16.8 Å². The monoisotopic (exact) mass is 185 g/mol. The second-order valence-electron chi connectivity index (χ2n) is 2.33. The van der Waals surface area contributed by atoms with E-state index in [0.29, 0.717) is 5.56 Å². The highest BCUT2D eigenvalue weighted by molar-refractivity contribution is 6.30. The van der Waals surface area contributed by atoms with E-state index in [1.165, 1.54) is 18.2 Å². The van der Waals surface area contributed by atoms with E-state index in [-0.39, 0.29) is 23.1 Å². The Hall–Kier alpha value is -1.22. The molecule has 0 unspecified atom stereocenters. The molecule has 0 fully saturated rings. The van der Waals surface area contributed by atoms with E-state index in [0.717, 1.165) is 0 Å². The molecule has 0 spiro atoms. The number of phenolic OH excluding ortho intramolecular Hbond substituents is 1. The number of ketones is 1. The zero-order chi connectivity index (χ0) is 9.14. The zero-order valence-electron chi connectivity index (χ0n) is 6.25. The van der Waals surface area contributed by atoms with Crippen molar-refractivity contribution in [1.82, 2.24) is 0 Å². The number of anilines is 1. The fourth-order valence-electron chi connectivity index (χ4n) is 0.805. The first-order valence-corrected chi connectivity index (χ1v) is 3.86. The molecule has 0 aliphatic rings. The SMILES string of the molecule is Nc1cc(C(=O)CCl)ccc1O. The van der Waals surface area contributed by atoms with Gasteiger partial charge >= 0.3 is 0 Å². The van der Waals surface area contributed by atoms with Gasteiger partial charge in [-0.05, 0) is 18.2 Å². The summed E-state index contributed by atoms with van der Waals surface area (Å²) in [5.74, 6) is -0.311. The first kappa shape index (κ1) is 8.87. The standard InChI is InChI=1S/C8H8ClNO2/c9-4-8(12)5-1-2-7(11)6(10)3-5/h1-3,11H,4,10H2. The van der Waals surface area contributed by atoms with Crippen LogP contribution in [0.3, 0.4) is 0 Å². The van der Waals surface area contributed by atoms with Crippen molar-refractivity contribution in [2.75, 3.05) is 11.6 Å². The Balaban J connectivity index is 3.05. The Morgan fingerprint density at radius 2 is 2.25 bits per heavy atom. The molecule has 3 nitrogen and oxygen atoms in total. The largest absolute Gasteiger partial charge is 0.506 e. The molecule has 0 aliphatic carbocycles. The lowest BCUT2D eigenvalue weighted by molar-refractivity contribution is 0.102. The first-order chi connectivity index (χ1) is 5.65. The van der Waals surface area contributed by atoms with Gasteiger partial charge in [0.05, 0.1) is 11.6 Å². The summed E-state index contributed by atoms with van der Waals surface area (Å²) in [5.41, 5.74) is 5.97. The molecule has 1 rings (SSSR count). The Morgan fingerprint density at radius 3 is 2.75 bits per heavy atom. The molecule has 12 heavy (non-hydrogen) atoms. The number of alkyl halides is 1. The molecule has 1 aromatic rings. The summed E-state index contributed by atoms with van der Waals surface area (Å²) >= 11 is 5.33. The number of hydrogen-bond donors (Lipinski definition) is 2. The van der Waals surface area contributed by atoms with Crippen molar-refractivity contribution in [1.29, 1.82) is 0 Å². The van der Waals surface area contributed by atoms with Crippen LogP contribution in [0.5, 0.6) is 5.75 Å². The highest BCUT2D eigenvalue weighted by Crippen LogP contribution is 2.20. The molecule has 3 N–H and O–H groups in total. The topological polar surface area (TPSA) is 63.3 Å². The molecule has 0 bridgehead atoms. The lowest BCUT2D eigenvalue weighted by Gasteiger charge is -2.00. The fraction of sp³-hybridized carbons (Fsp3) is 0.125. The number of phenols is 1. The number of aromatic hydroxyl groups is 1. The van der Waals surface area contributed by atoms with E-state index in [2.05, 4.69) is 0 Å². The average molecular weight is 186 g/mol. The van der Waals surface area contributed by atoms with Gasteiger partial charge < -0.3 is 10.8 Å². The maximum Gasteiger partial charge on any atom is 0.177 e. The van der Waals surface area contributed by atoms with Crippen LogP contribution in [0, 0.1) is 0 Å². The van der Waals surface area contributed by atoms with Crippen LogP contribution in [0.25, 0.3) is 0 Å². The van der Waals surface area contributed by atoms with Gasteiger partial charge in [0.2, 0.25) is 0 Å². The van der Waals surface area contributed by atoms with Crippen LogP contribution in [0.15, 0.2) is 18.2 Å². The summed E-state index contributed by atoms with van der Waals surface area (Å²) in [6.07, 6.45) is 0. The van der Waals surface area contributed by atoms with E-state index >= 15 is 0 Å². The molecule has 64 valence electrons. The molecule has 0 saturated heterocycles. The van der Waals surface area contributed by atoms with Gasteiger partial charge in [0.15, 0.2) is 5.78 Å². The highest BCUT2D eigenvalue weighted by atomic mass is 35.5. The molecular weight excluding hydrogens is 178 g/mol. The van der Waals surface area contributed by atoms with E-state index in [1.807, 2.05) is 0 Å². The summed E-state index contributed by atoms with van der Waals surface area (Å²) in [5, 5.41) is 9.03. The fourth-order valence-corrected chi connectivity index (χ4v) is 0.959. The van der Waals surface area contributed by atoms with Gasteiger partial charge in [-0.15, -0.1) is 11.6 Å². The number of nitrogens with two attached hydrogens (primary N) is 1. The second-order valence-corrected chi connectivity index (χ2v) is 2.60. The van der Waals surface area contributed by atoms with Crippen LogP contribution in [0.4, 0.5) is 5.69 Å². The molecule has 0 saturated carbocycles. The molecule has 0 heterocycles. The Morgan fingerprint density at radius 1 is 1.58 bits per heavy atom. The molecule has 0 radical (unpaired) electrons. The van der Waals surface area contributed by atoms with Crippen LogP contribution < -0.4 is 5.73 Å². The average Bonchev–Trinajstić information content (AvgIpc) is 2.08. The van der Waals surface area contributed by atoms with Gasteiger partial charge in [0.25, 0.3) is 0 Å². The van der Waals surface area contributed by atoms with Crippen molar-refractivity contribution in [3.05, 3.63) is 23.8 Å². The summed E-state index contributed by atoms with van der Waals surface area (Å²) in [4.78, 5) is 11.0. The predicted octanol–water partition coefficient (Wildman–Crippen LogP) is 1.40. The van der Waals surface area contributed by atoms with E-state index in [1.54, 1.807) is 0 Å². The van der Waals surface area contributed by atoms with E-state index in [4.69, 9.17) is 22.4 Å². The number of nitrogen functional groups attached to an aromatic ring is 1. The normalized spacial score (nSPS) is 9.75. The van der Waals surface area contributed by atoms with E-state index < -0.39 is 0 Å². The van der Waals surface area contributed by atoms with Gasteiger partial charge in [0, 0.05) is 5.56 Å². The van der Waals surface area contributed by atoms with Crippen molar-refractivity contribution in [2.45, 2.75) is 0 Å². The van der Waals surface area contributed by atoms with Crippen molar-refractivity contribution >= 4 is 23.1 Å². The van der Waals surface area contributed by atoms with Gasteiger partial charge in [-0.25, -0.2) is 0 Å².